The monoisotopic (exact) mass is 370 g/mol. The van der Waals surface area contributed by atoms with Gasteiger partial charge in [-0.25, -0.2) is 4.39 Å². The van der Waals surface area contributed by atoms with Crippen LogP contribution < -0.4 is 4.74 Å². The molecule has 0 radical (unpaired) electrons. The predicted molar refractivity (Wildman–Crippen MR) is 106 cm³/mol. The van der Waals surface area contributed by atoms with Crippen LogP contribution in [0.1, 0.15) is 54.7 Å². The maximum Gasteiger partial charge on any atom is 0.200 e. The number of methoxy groups -OCH3 is 1. The van der Waals surface area contributed by atoms with E-state index in [4.69, 9.17) is 4.74 Å². The van der Waals surface area contributed by atoms with Crippen LogP contribution in [0, 0.1) is 24.5 Å². The molecule has 0 aromatic heterocycles. The number of aryl methyl sites for hydroxylation is 2. The van der Waals surface area contributed by atoms with Gasteiger partial charge in [-0.2, -0.15) is 4.39 Å². The minimum absolute atomic E-state index is 0.0264. The van der Waals surface area contributed by atoms with Crippen LogP contribution in [-0.2, 0) is 6.42 Å². The van der Waals surface area contributed by atoms with Gasteiger partial charge in [-0.15, -0.1) is 0 Å². The van der Waals surface area contributed by atoms with Crippen LogP contribution in [0.5, 0.6) is 5.75 Å². The molecule has 144 valence electrons. The van der Waals surface area contributed by atoms with Crippen molar-refractivity contribution in [3.63, 3.8) is 0 Å². The summed E-state index contributed by atoms with van der Waals surface area (Å²) >= 11 is 0. The second kappa shape index (κ2) is 9.16. The average molecular weight is 370 g/mol. The molecular formula is C24H28F2O. The third kappa shape index (κ3) is 4.97. The number of rotatable bonds is 6. The molecule has 0 aliphatic heterocycles. The molecule has 2 aromatic carbocycles. The molecular weight excluding hydrogens is 342 g/mol. The molecule has 0 heterocycles. The van der Waals surface area contributed by atoms with Gasteiger partial charge in [0.05, 0.1) is 7.11 Å². The quantitative estimate of drug-likeness (QED) is 0.511. The van der Waals surface area contributed by atoms with Crippen molar-refractivity contribution in [1.29, 1.82) is 0 Å². The summed E-state index contributed by atoms with van der Waals surface area (Å²) in [6, 6.07) is 11.9. The van der Waals surface area contributed by atoms with Crippen molar-refractivity contribution in [1.82, 2.24) is 0 Å². The van der Waals surface area contributed by atoms with Gasteiger partial charge in [-0.3, -0.25) is 0 Å². The number of allylic oxidation sites excluding steroid dienone is 2. The van der Waals surface area contributed by atoms with Crippen molar-refractivity contribution in [3.8, 4) is 5.75 Å². The zero-order valence-corrected chi connectivity index (χ0v) is 16.2. The van der Waals surface area contributed by atoms with E-state index in [1.807, 2.05) is 0 Å². The van der Waals surface area contributed by atoms with Crippen LogP contribution in [0.25, 0.3) is 0 Å². The Balaban J connectivity index is 1.49. The van der Waals surface area contributed by atoms with E-state index in [1.54, 1.807) is 6.07 Å². The van der Waals surface area contributed by atoms with Crippen molar-refractivity contribution >= 4 is 0 Å². The Hall–Kier alpha value is -2.16. The molecule has 0 saturated heterocycles. The van der Waals surface area contributed by atoms with Crippen molar-refractivity contribution in [2.24, 2.45) is 5.92 Å². The Morgan fingerprint density at radius 1 is 0.963 bits per heavy atom. The Morgan fingerprint density at radius 3 is 2.33 bits per heavy atom. The Bertz CT molecular complexity index is 772. The minimum Gasteiger partial charge on any atom is -0.494 e. The number of ether oxygens (including phenoxy) is 1. The first kappa shape index (κ1) is 19.6. The highest BCUT2D eigenvalue weighted by Crippen LogP contribution is 2.39. The second-order valence-corrected chi connectivity index (χ2v) is 7.55. The van der Waals surface area contributed by atoms with Crippen molar-refractivity contribution < 1.29 is 13.5 Å². The van der Waals surface area contributed by atoms with Gasteiger partial charge >= 0.3 is 0 Å². The van der Waals surface area contributed by atoms with Crippen molar-refractivity contribution in [3.05, 3.63) is 76.9 Å². The molecule has 0 bridgehead atoms. The van der Waals surface area contributed by atoms with Gasteiger partial charge in [-0.1, -0.05) is 48.0 Å². The zero-order chi connectivity index (χ0) is 19.2. The van der Waals surface area contributed by atoms with Gasteiger partial charge in [0.1, 0.15) is 0 Å². The van der Waals surface area contributed by atoms with Gasteiger partial charge in [0.25, 0.3) is 0 Å². The minimum atomic E-state index is -0.867. The fraction of sp³-hybridized carbons (Fsp3) is 0.417. The third-order valence-corrected chi connectivity index (χ3v) is 5.64. The molecule has 2 aromatic rings. The van der Waals surface area contributed by atoms with E-state index in [0.717, 1.165) is 38.5 Å². The van der Waals surface area contributed by atoms with E-state index in [1.165, 1.54) is 24.3 Å². The molecule has 0 unspecified atom stereocenters. The summed E-state index contributed by atoms with van der Waals surface area (Å²) in [4.78, 5) is 0. The lowest BCUT2D eigenvalue weighted by molar-refractivity contribution is 0.349. The van der Waals surface area contributed by atoms with Gasteiger partial charge < -0.3 is 4.74 Å². The van der Waals surface area contributed by atoms with Crippen LogP contribution in [0.4, 0.5) is 8.78 Å². The molecule has 1 nitrogen and oxygen atoms in total. The van der Waals surface area contributed by atoms with Gasteiger partial charge in [0.15, 0.2) is 11.6 Å². The fourth-order valence-corrected chi connectivity index (χ4v) is 3.94. The summed E-state index contributed by atoms with van der Waals surface area (Å²) in [6.45, 7) is 2.10. The highest BCUT2D eigenvalue weighted by molar-refractivity contribution is 5.33. The van der Waals surface area contributed by atoms with Crippen molar-refractivity contribution in [2.75, 3.05) is 7.11 Å². The van der Waals surface area contributed by atoms with Gasteiger partial charge in [0.2, 0.25) is 5.82 Å². The molecule has 3 rings (SSSR count). The van der Waals surface area contributed by atoms with E-state index in [-0.39, 0.29) is 11.7 Å². The summed E-state index contributed by atoms with van der Waals surface area (Å²) in [5, 5.41) is 0. The molecule has 1 aliphatic carbocycles. The number of benzene rings is 2. The van der Waals surface area contributed by atoms with E-state index < -0.39 is 11.6 Å². The average Bonchev–Trinajstić information content (AvgIpc) is 2.69. The Morgan fingerprint density at radius 2 is 1.67 bits per heavy atom. The molecule has 0 N–H and O–H groups in total. The maximum atomic E-state index is 14.3. The molecule has 1 aliphatic rings. The summed E-state index contributed by atoms with van der Waals surface area (Å²) in [6.07, 6.45) is 10.5. The Kier molecular flexibility index (Phi) is 6.65. The van der Waals surface area contributed by atoms with Crippen LogP contribution in [0.15, 0.2) is 48.6 Å². The van der Waals surface area contributed by atoms with Gasteiger partial charge in [-0.05, 0) is 74.5 Å². The second-order valence-electron chi connectivity index (χ2n) is 7.55. The highest BCUT2D eigenvalue weighted by atomic mass is 19.2. The van der Waals surface area contributed by atoms with Crippen LogP contribution in [0.2, 0.25) is 0 Å². The largest absolute Gasteiger partial charge is 0.494 e. The number of hydrogen-bond donors (Lipinski definition) is 0. The topological polar surface area (TPSA) is 9.23 Å². The van der Waals surface area contributed by atoms with Crippen LogP contribution in [-0.4, -0.2) is 7.11 Å². The number of hydrogen-bond acceptors (Lipinski definition) is 1. The van der Waals surface area contributed by atoms with Crippen LogP contribution >= 0.6 is 0 Å². The maximum absolute atomic E-state index is 14.3. The van der Waals surface area contributed by atoms with Crippen LogP contribution in [0.3, 0.4) is 0 Å². The summed E-state index contributed by atoms with van der Waals surface area (Å²) in [7, 11) is 1.36. The molecule has 0 spiro atoms. The first-order chi connectivity index (χ1) is 13.1. The Labute approximate surface area is 161 Å². The molecule has 0 amide bonds. The summed E-state index contributed by atoms with van der Waals surface area (Å²) in [5.74, 6) is -0.992. The number of halogens is 2. The molecule has 1 saturated carbocycles. The lowest BCUT2D eigenvalue weighted by atomic mass is 9.78. The van der Waals surface area contributed by atoms with E-state index >= 15 is 0 Å². The molecule has 3 heteroatoms. The lowest BCUT2D eigenvalue weighted by Crippen LogP contribution is -2.13. The van der Waals surface area contributed by atoms with E-state index in [0.29, 0.717) is 11.5 Å². The van der Waals surface area contributed by atoms with Gasteiger partial charge in [0, 0.05) is 0 Å². The standard InChI is InChI=1S/C24H28F2O/c1-17-7-9-18(10-8-17)5-3-4-6-19-11-13-20(14-12-19)21-15-16-22(27-2)24(26)23(21)25/h4,6-10,15-16,19-20H,3,5,11-14H2,1-2H3/b6-4+. The zero-order valence-electron chi connectivity index (χ0n) is 16.2. The van der Waals surface area contributed by atoms with Crippen molar-refractivity contribution in [2.45, 2.75) is 51.4 Å². The highest BCUT2D eigenvalue weighted by Gasteiger charge is 2.25. The SMILES string of the molecule is COc1ccc(C2CCC(/C=C/CCc3ccc(C)cc3)CC2)c(F)c1F. The lowest BCUT2D eigenvalue weighted by Gasteiger charge is -2.27. The molecule has 0 atom stereocenters. The third-order valence-electron chi connectivity index (χ3n) is 5.64. The molecule has 27 heavy (non-hydrogen) atoms. The molecule has 1 fully saturated rings. The summed E-state index contributed by atoms with van der Waals surface area (Å²) < 4.78 is 33.1. The summed E-state index contributed by atoms with van der Waals surface area (Å²) in [5.41, 5.74) is 3.15. The van der Waals surface area contributed by atoms with E-state index in [2.05, 4.69) is 43.3 Å². The smallest absolute Gasteiger partial charge is 0.200 e. The normalized spacial score (nSPS) is 20.1. The first-order valence-corrected chi connectivity index (χ1v) is 9.82. The van der Waals surface area contributed by atoms with E-state index in [9.17, 15) is 8.78 Å². The fourth-order valence-electron chi connectivity index (χ4n) is 3.94. The first-order valence-electron chi connectivity index (χ1n) is 9.82. The predicted octanol–water partition coefficient (Wildman–Crippen LogP) is 6.74.